The Morgan fingerprint density at radius 1 is 1.40 bits per heavy atom. The highest BCUT2D eigenvalue weighted by atomic mass is 16.5. The lowest BCUT2D eigenvalue weighted by Gasteiger charge is -2.09. The maximum Gasteiger partial charge on any atom is 0.291 e. The Morgan fingerprint density at radius 3 is 2.84 bits per heavy atom. The quantitative estimate of drug-likeness (QED) is 0.767. The van der Waals surface area contributed by atoms with E-state index in [1.807, 2.05) is 19.9 Å². The fourth-order valence-electron chi connectivity index (χ4n) is 2.54. The molecule has 0 aliphatic rings. The van der Waals surface area contributed by atoms with Gasteiger partial charge in [0.25, 0.3) is 5.91 Å². The molecule has 0 unspecified atom stereocenters. The lowest BCUT2D eigenvalue weighted by atomic mass is 10.2. The zero-order valence-electron chi connectivity index (χ0n) is 14.7. The second-order valence-electron chi connectivity index (χ2n) is 5.71. The van der Waals surface area contributed by atoms with Gasteiger partial charge in [-0.1, -0.05) is 6.92 Å². The number of anilines is 1. The van der Waals surface area contributed by atoms with Gasteiger partial charge >= 0.3 is 0 Å². The second kappa shape index (κ2) is 6.80. The number of carbonyl (C=O) groups is 1. The Hall–Kier alpha value is -3.09. The van der Waals surface area contributed by atoms with Crippen LogP contribution >= 0.6 is 0 Å². The van der Waals surface area contributed by atoms with E-state index < -0.39 is 0 Å². The third kappa shape index (κ3) is 3.40. The second-order valence-corrected chi connectivity index (χ2v) is 5.71. The maximum absolute atomic E-state index is 12.6. The summed E-state index contributed by atoms with van der Waals surface area (Å²) in [5.74, 6) is 1.73. The van der Waals surface area contributed by atoms with Crippen molar-refractivity contribution in [3.63, 3.8) is 0 Å². The van der Waals surface area contributed by atoms with Gasteiger partial charge < -0.3 is 14.5 Å². The molecule has 25 heavy (non-hydrogen) atoms. The van der Waals surface area contributed by atoms with Crippen molar-refractivity contribution in [2.24, 2.45) is 7.05 Å². The Morgan fingerprint density at radius 2 is 2.20 bits per heavy atom. The van der Waals surface area contributed by atoms with Crippen LogP contribution in [0.5, 0.6) is 11.6 Å². The number of nitrogens with one attached hydrogen (secondary N) is 1. The van der Waals surface area contributed by atoms with E-state index in [2.05, 4.69) is 15.4 Å². The smallest absolute Gasteiger partial charge is 0.291 e. The molecule has 1 amide bonds. The predicted molar refractivity (Wildman–Crippen MR) is 93.0 cm³/mol. The first kappa shape index (κ1) is 16.8. The average molecular weight is 340 g/mol. The third-order valence-electron chi connectivity index (χ3n) is 3.78. The number of hydrogen-bond donors (Lipinski definition) is 1. The van der Waals surface area contributed by atoms with Crippen LogP contribution < -0.4 is 10.1 Å². The van der Waals surface area contributed by atoms with Crippen molar-refractivity contribution in [2.45, 2.75) is 27.2 Å². The van der Waals surface area contributed by atoms with Gasteiger partial charge in [0, 0.05) is 25.2 Å². The number of rotatable bonds is 5. The molecule has 0 saturated heterocycles. The first-order chi connectivity index (χ1) is 12.0. The van der Waals surface area contributed by atoms with E-state index in [1.54, 1.807) is 43.2 Å². The molecule has 3 aromatic heterocycles. The van der Waals surface area contributed by atoms with Gasteiger partial charge in [-0.15, -0.1) is 0 Å². The third-order valence-corrected chi connectivity index (χ3v) is 3.78. The van der Waals surface area contributed by atoms with Gasteiger partial charge in [-0.05, 0) is 32.0 Å². The van der Waals surface area contributed by atoms with Gasteiger partial charge in [0.15, 0.2) is 5.76 Å². The van der Waals surface area contributed by atoms with Crippen LogP contribution in [-0.4, -0.2) is 20.7 Å². The van der Waals surface area contributed by atoms with E-state index in [4.69, 9.17) is 9.15 Å². The summed E-state index contributed by atoms with van der Waals surface area (Å²) in [5.41, 5.74) is 1.95. The first-order valence-corrected chi connectivity index (χ1v) is 8.01. The molecule has 0 fully saturated rings. The predicted octanol–water partition coefficient (Wildman–Crippen LogP) is 3.63. The molecule has 3 heterocycles. The van der Waals surface area contributed by atoms with E-state index in [1.165, 1.54) is 0 Å². The summed E-state index contributed by atoms with van der Waals surface area (Å²) in [6.45, 7) is 5.63. The lowest BCUT2D eigenvalue weighted by molar-refractivity contribution is 0.0993. The Kier molecular flexibility index (Phi) is 4.56. The summed E-state index contributed by atoms with van der Waals surface area (Å²) in [6, 6.07) is 5.43. The fourth-order valence-corrected chi connectivity index (χ4v) is 2.54. The molecule has 0 aliphatic heterocycles. The molecule has 7 nitrogen and oxygen atoms in total. The number of aryl methyl sites for hydroxylation is 4. The lowest BCUT2D eigenvalue weighted by Crippen LogP contribution is -2.13. The molecule has 1 N–H and O–H groups in total. The minimum Gasteiger partial charge on any atom is -0.456 e. The van der Waals surface area contributed by atoms with Gasteiger partial charge in [0.05, 0.1) is 11.9 Å². The van der Waals surface area contributed by atoms with E-state index in [0.29, 0.717) is 28.8 Å². The van der Waals surface area contributed by atoms with Gasteiger partial charge in [0.2, 0.25) is 5.88 Å². The number of nitrogens with zero attached hydrogens (tertiary/aromatic N) is 3. The summed E-state index contributed by atoms with van der Waals surface area (Å²) in [5, 5.41) is 7.18. The van der Waals surface area contributed by atoms with Crippen LogP contribution in [0.25, 0.3) is 0 Å². The number of carbonyl (C=O) groups excluding carboxylic acids is 1. The number of ether oxygens (including phenoxy) is 1. The van der Waals surface area contributed by atoms with Crippen molar-refractivity contribution < 1.29 is 13.9 Å². The molecule has 3 aromatic rings. The molecule has 130 valence electrons. The van der Waals surface area contributed by atoms with Crippen LogP contribution in [0.1, 0.15) is 34.5 Å². The van der Waals surface area contributed by atoms with Crippen molar-refractivity contribution >= 4 is 11.6 Å². The first-order valence-electron chi connectivity index (χ1n) is 8.01. The van der Waals surface area contributed by atoms with Crippen LogP contribution in [0.2, 0.25) is 0 Å². The van der Waals surface area contributed by atoms with Crippen LogP contribution in [0.3, 0.4) is 0 Å². The average Bonchev–Trinajstić information content (AvgIpc) is 3.10. The van der Waals surface area contributed by atoms with E-state index in [9.17, 15) is 4.79 Å². The molecule has 0 bridgehead atoms. The van der Waals surface area contributed by atoms with E-state index in [-0.39, 0.29) is 5.91 Å². The Balaban J connectivity index is 1.89. The summed E-state index contributed by atoms with van der Waals surface area (Å²) < 4.78 is 13.0. The SMILES string of the molecule is CCc1cc(C)c(C(=O)Nc2c(C)nn(C)c2Oc2cccnc2)o1. The Bertz CT molecular complexity index is 897. The maximum atomic E-state index is 12.6. The van der Waals surface area contributed by atoms with Gasteiger partial charge in [-0.2, -0.15) is 5.10 Å². The normalized spacial score (nSPS) is 10.7. The molecule has 3 rings (SSSR count). The molecule has 0 atom stereocenters. The fraction of sp³-hybridized carbons (Fsp3) is 0.278. The molecule has 0 spiro atoms. The highest BCUT2D eigenvalue weighted by molar-refractivity contribution is 6.04. The van der Waals surface area contributed by atoms with Crippen molar-refractivity contribution in [3.05, 3.63) is 53.4 Å². The van der Waals surface area contributed by atoms with Crippen molar-refractivity contribution in [3.8, 4) is 11.6 Å². The van der Waals surface area contributed by atoms with Crippen LogP contribution in [-0.2, 0) is 13.5 Å². The monoisotopic (exact) mass is 340 g/mol. The minimum atomic E-state index is -0.329. The highest BCUT2D eigenvalue weighted by Crippen LogP contribution is 2.32. The number of pyridine rings is 1. The summed E-state index contributed by atoms with van der Waals surface area (Å²) in [7, 11) is 1.75. The topological polar surface area (TPSA) is 82.2 Å². The van der Waals surface area contributed by atoms with Crippen LogP contribution in [0.4, 0.5) is 5.69 Å². The molecule has 7 heteroatoms. The number of furan rings is 1. The molecule has 0 aliphatic carbocycles. The van der Waals surface area contributed by atoms with Crippen molar-refractivity contribution in [1.29, 1.82) is 0 Å². The molecule has 0 radical (unpaired) electrons. The van der Waals surface area contributed by atoms with Crippen molar-refractivity contribution in [2.75, 3.05) is 5.32 Å². The number of hydrogen-bond acceptors (Lipinski definition) is 5. The van der Waals surface area contributed by atoms with Crippen molar-refractivity contribution in [1.82, 2.24) is 14.8 Å². The zero-order valence-corrected chi connectivity index (χ0v) is 14.7. The largest absolute Gasteiger partial charge is 0.456 e. The summed E-state index contributed by atoms with van der Waals surface area (Å²) >= 11 is 0. The van der Waals surface area contributed by atoms with Crippen LogP contribution in [0, 0.1) is 13.8 Å². The van der Waals surface area contributed by atoms with Gasteiger partial charge in [0.1, 0.15) is 17.2 Å². The van der Waals surface area contributed by atoms with Crippen LogP contribution in [0.15, 0.2) is 35.0 Å². The van der Waals surface area contributed by atoms with Gasteiger partial charge in [-0.25, -0.2) is 4.68 Å². The molecular weight excluding hydrogens is 320 g/mol. The van der Waals surface area contributed by atoms with E-state index >= 15 is 0 Å². The molecular formula is C18H20N4O3. The highest BCUT2D eigenvalue weighted by Gasteiger charge is 2.22. The molecule has 0 saturated carbocycles. The summed E-state index contributed by atoms with van der Waals surface area (Å²) in [6.07, 6.45) is 3.99. The van der Waals surface area contributed by atoms with E-state index in [0.717, 1.165) is 17.7 Å². The minimum absolute atomic E-state index is 0.299. The standard InChI is InChI=1S/C18H20N4O3/c1-5-13-9-11(2)16(24-13)17(23)20-15-12(3)21-22(4)18(15)25-14-7-6-8-19-10-14/h6-10H,5H2,1-4H3,(H,20,23). The number of amides is 1. The molecule has 0 aromatic carbocycles. The Labute approximate surface area is 145 Å². The zero-order chi connectivity index (χ0) is 18.0. The van der Waals surface area contributed by atoms with Gasteiger partial charge in [-0.3, -0.25) is 9.78 Å². The number of aromatic nitrogens is 3. The summed E-state index contributed by atoms with van der Waals surface area (Å²) in [4.78, 5) is 16.6.